The minimum Gasteiger partial charge on any atom is -0.309 e. The van der Waals surface area contributed by atoms with Gasteiger partial charge in [-0.15, -0.1) is 11.3 Å². The van der Waals surface area contributed by atoms with Crippen LogP contribution in [0.15, 0.2) is 10.3 Å². The lowest BCUT2D eigenvalue weighted by Gasteiger charge is -2.16. The fourth-order valence-corrected chi connectivity index (χ4v) is 5.83. The molecule has 2 aliphatic rings. The third-order valence-electron chi connectivity index (χ3n) is 4.56. The molecule has 1 aromatic rings. The zero-order valence-electron chi connectivity index (χ0n) is 12.7. The summed E-state index contributed by atoms with van der Waals surface area (Å²) in [5.41, 5.74) is 1.08. The van der Waals surface area contributed by atoms with Gasteiger partial charge in [-0.05, 0) is 50.2 Å². The summed E-state index contributed by atoms with van der Waals surface area (Å²) in [6.07, 6.45) is 5.69. The van der Waals surface area contributed by atoms with E-state index in [1.54, 1.807) is 0 Å². The highest BCUT2D eigenvalue weighted by Gasteiger charge is 2.29. The number of hydrogen-bond acceptors (Lipinski definition) is 4. The number of hydrogen-bond donors (Lipinski definition) is 2. The van der Waals surface area contributed by atoms with Crippen LogP contribution in [0.3, 0.4) is 0 Å². The van der Waals surface area contributed by atoms with Crippen LogP contribution in [-0.4, -0.2) is 20.5 Å². The van der Waals surface area contributed by atoms with E-state index in [-0.39, 0.29) is 6.04 Å². The molecule has 118 valence electrons. The molecule has 0 saturated heterocycles. The van der Waals surface area contributed by atoms with Crippen molar-refractivity contribution in [3.05, 3.63) is 16.5 Å². The van der Waals surface area contributed by atoms with Gasteiger partial charge in [0.25, 0.3) is 0 Å². The van der Waals surface area contributed by atoms with Crippen molar-refractivity contribution in [3.8, 4) is 0 Å². The van der Waals surface area contributed by atoms with E-state index < -0.39 is 10.0 Å². The Morgan fingerprint density at radius 1 is 1.29 bits per heavy atom. The largest absolute Gasteiger partial charge is 0.309 e. The molecule has 6 heteroatoms. The zero-order valence-corrected chi connectivity index (χ0v) is 14.3. The molecule has 3 rings (SSSR count). The third-order valence-corrected chi connectivity index (χ3v) is 7.76. The molecule has 0 spiro atoms. The lowest BCUT2D eigenvalue weighted by atomic mass is 10.1. The first-order valence-electron chi connectivity index (χ1n) is 7.81. The van der Waals surface area contributed by atoms with Gasteiger partial charge in [0, 0.05) is 23.5 Å². The Bertz CT molecular complexity index is 605. The predicted octanol–water partition coefficient (Wildman–Crippen LogP) is 2.78. The molecule has 2 atom stereocenters. The van der Waals surface area contributed by atoms with Crippen molar-refractivity contribution >= 4 is 21.4 Å². The summed E-state index contributed by atoms with van der Waals surface area (Å²) in [7, 11) is -3.36. The van der Waals surface area contributed by atoms with Gasteiger partial charge >= 0.3 is 0 Å². The van der Waals surface area contributed by atoms with Gasteiger partial charge in [0.1, 0.15) is 4.21 Å². The fourth-order valence-electron chi connectivity index (χ4n) is 2.90. The normalized spacial score (nSPS) is 26.4. The highest BCUT2D eigenvalue weighted by Crippen LogP contribution is 2.30. The minimum absolute atomic E-state index is 0.102. The quantitative estimate of drug-likeness (QED) is 0.844. The van der Waals surface area contributed by atoms with Gasteiger partial charge in [-0.25, -0.2) is 13.1 Å². The van der Waals surface area contributed by atoms with E-state index in [1.165, 1.54) is 24.2 Å². The smallest absolute Gasteiger partial charge is 0.250 e. The third kappa shape index (κ3) is 3.67. The molecule has 21 heavy (non-hydrogen) atoms. The molecule has 0 amide bonds. The number of nitrogens with one attached hydrogen (secondary N) is 2. The van der Waals surface area contributed by atoms with E-state index >= 15 is 0 Å². The summed E-state index contributed by atoms with van der Waals surface area (Å²) >= 11 is 1.41. The van der Waals surface area contributed by atoms with Gasteiger partial charge < -0.3 is 5.32 Å². The van der Waals surface area contributed by atoms with Crippen LogP contribution in [0, 0.1) is 12.8 Å². The second-order valence-corrected chi connectivity index (χ2v) is 9.54. The number of rotatable bonds is 6. The summed E-state index contributed by atoms with van der Waals surface area (Å²) in [5.74, 6) is 0.442. The van der Waals surface area contributed by atoms with Gasteiger partial charge in [-0.2, -0.15) is 0 Å². The average Bonchev–Trinajstić information content (AvgIpc) is 3.06. The fraction of sp³-hybridized carbons (Fsp3) is 0.733. The Balaban J connectivity index is 1.70. The van der Waals surface area contributed by atoms with E-state index in [0.29, 0.717) is 16.2 Å². The Labute approximate surface area is 131 Å². The molecule has 2 N–H and O–H groups in total. The average molecular weight is 329 g/mol. The second kappa shape index (κ2) is 5.99. The Kier molecular flexibility index (Phi) is 4.41. The van der Waals surface area contributed by atoms with Crippen molar-refractivity contribution in [2.75, 3.05) is 0 Å². The number of sulfonamides is 1. The summed E-state index contributed by atoms with van der Waals surface area (Å²) in [6.45, 7) is 4.92. The molecule has 4 nitrogen and oxygen atoms in total. The molecule has 2 unspecified atom stereocenters. The number of thiophene rings is 1. The molecular weight excluding hydrogens is 304 g/mol. The molecule has 0 bridgehead atoms. The molecule has 0 aliphatic heterocycles. The maximum atomic E-state index is 12.5. The Hall–Kier alpha value is -0.430. The minimum atomic E-state index is -3.36. The molecule has 2 saturated carbocycles. The second-order valence-electron chi connectivity index (χ2n) is 6.46. The van der Waals surface area contributed by atoms with Crippen LogP contribution in [-0.2, 0) is 16.6 Å². The highest BCUT2D eigenvalue weighted by molar-refractivity contribution is 7.91. The van der Waals surface area contributed by atoms with Crippen LogP contribution < -0.4 is 10.0 Å². The predicted molar refractivity (Wildman–Crippen MR) is 86.0 cm³/mol. The van der Waals surface area contributed by atoms with Gasteiger partial charge in [-0.3, -0.25) is 0 Å². The van der Waals surface area contributed by atoms with Crippen molar-refractivity contribution in [2.24, 2.45) is 5.92 Å². The van der Waals surface area contributed by atoms with Crippen LogP contribution >= 0.6 is 11.3 Å². The summed E-state index contributed by atoms with van der Waals surface area (Å²) in [4.78, 5) is 1.14. The van der Waals surface area contributed by atoms with Crippen molar-refractivity contribution < 1.29 is 8.42 Å². The first-order chi connectivity index (χ1) is 9.95. The van der Waals surface area contributed by atoms with Crippen LogP contribution in [0.1, 0.15) is 49.5 Å². The zero-order chi connectivity index (χ0) is 15.0. The lowest BCUT2D eigenvalue weighted by molar-refractivity contribution is 0.477. The summed E-state index contributed by atoms with van der Waals surface area (Å²) in [6, 6.07) is 2.56. The van der Waals surface area contributed by atoms with Gasteiger partial charge in [0.15, 0.2) is 0 Å². The summed E-state index contributed by atoms with van der Waals surface area (Å²) in [5, 5.41) is 3.45. The van der Waals surface area contributed by atoms with E-state index in [9.17, 15) is 8.42 Å². The van der Waals surface area contributed by atoms with Crippen LogP contribution in [0.5, 0.6) is 0 Å². The molecule has 2 aliphatic carbocycles. The number of aryl methyl sites for hydroxylation is 1. The van der Waals surface area contributed by atoms with Crippen molar-refractivity contribution in [1.82, 2.24) is 10.0 Å². The van der Waals surface area contributed by atoms with Crippen molar-refractivity contribution in [3.63, 3.8) is 0 Å². The highest BCUT2D eigenvalue weighted by atomic mass is 32.2. The monoisotopic (exact) mass is 328 g/mol. The van der Waals surface area contributed by atoms with Gasteiger partial charge in [-0.1, -0.05) is 13.3 Å². The van der Waals surface area contributed by atoms with Crippen molar-refractivity contribution in [2.45, 2.75) is 68.8 Å². The molecule has 1 heterocycles. The SMILES string of the molecule is Cc1cc(S(=O)(=O)NC2CCCC2C)sc1CNC1CC1. The van der Waals surface area contributed by atoms with E-state index in [1.807, 2.05) is 13.0 Å². The Morgan fingerprint density at radius 2 is 2.05 bits per heavy atom. The lowest BCUT2D eigenvalue weighted by Crippen LogP contribution is -2.36. The van der Waals surface area contributed by atoms with E-state index in [2.05, 4.69) is 17.0 Å². The molecule has 2 fully saturated rings. The first-order valence-corrected chi connectivity index (χ1v) is 10.1. The standard InChI is InChI=1S/C15H24N2O2S2/c1-10-4-3-5-13(10)17-21(18,19)15-8-11(2)14(20-15)9-16-12-6-7-12/h8,10,12-13,16-17H,3-7,9H2,1-2H3. The maximum absolute atomic E-state index is 12.5. The van der Waals surface area contributed by atoms with Crippen LogP contribution in [0.2, 0.25) is 0 Å². The van der Waals surface area contributed by atoms with E-state index in [0.717, 1.165) is 36.2 Å². The summed E-state index contributed by atoms with van der Waals surface area (Å²) < 4.78 is 28.4. The first kappa shape index (κ1) is 15.5. The van der Waals surface area contributed by atoms with E-state index in [4.69, 9.17) is 0 Å². The molecule has 0 radical (unpaired) electrons. The molecular formula is C15H24N2O2S2. The van der Waals surface area contributed by atoms with Crippen LogP contribution in [0.25, 0.3) is 0 Å². The van der Waals surface area contributed by atoms with Crippen LogP contribution in [0.4, 0.5) is 0 Å². The Morgan fingerprint density at radius 3 is 2.67 bits per heavy atom. The molecule has 1 aromatic heterocycles. The van der Waals surface area contributed by atoms with Gasteiger partial charge in [0.05, 0.1) is 0 Å². The van der Waals surface area contributed by atoms with Gasteiger partial charge in [0.2, 0.25) is 10.0 Å². The van der Waals surface area contributed by atoms with Crippen molar-refractivity contribution in [1.29, 1.82) is 0 Å². The molecule has 0 aromatic carbocycles. The topological polar surface area (TPSA) is 58.2 Å². The maximum Gasteiger partial charge on any atom is 0.250 e.